The molecular formula is C22H19F2N3O4S. The molecule has 10 heteroatoms. The van der Waals surface area contributed by atoms with Gasteiger partial charge in [-0.3, -0.25) is 4.79 Å². The molecule has 4 aromatic rings. The van der Waals surface area contributed by atoms with Gasteiger partial charge >= 0.3 is 6.61 Å². The zero-order valence-electron chi connectivity index (χ0n) is 17.5. The summed E-state index contributed by atoms with van der Waals surface area (Å²) in [5.74, 6) is 1.11. The van der Waals surface area contributed by atoms with Crippen molar-refractivity contribution in [3.8, 4) is 22.9 Å². The Labute approximate surface area is 186 Å². The van der Waals surface area contributed by atoms with Gasteiger partial charge in [0.2, 0.25) is 0 Å². The molecule has 0 atom stereocenters. The van der Waals surface area contributed by atoms with E-state index in [0.717, 1.165) is 28.8 Å². The van der Waals surface area contributed by atoms with E-state index in [2.05, 4.69) is 14.9 Å². The van der Waals surface area contributed by atoms with Gasteiger partial charge in [0.25, 0.3) is 11.1 Å². The summed E-state index contributed by atoms with van der Waals surface area (Å²) in [6.45, 7) is 2.63. The Kier molecular flexibility index (Phi) is 6.13. The van der Waals surface area contributed by atoms with Crippen LogP contribution in [0.15, 0.2) is 56.7 Å². The Morgan fingerprint density at radius 3 is 2.56 bits per heavy atom. The lowest BCUT2D eigenvalue weighted by Gasteiger charge is -2.11. The zero-order valence-corrected chi connectivity index (χ0v) is 18.3. The van der Waals surface area contributed by atoms with E-state index in [-0.39, 0.29) is 22.5 Å². The normalized spacial score (nSPS) is 11.3. The molecule has 0 spiro atoms. The molecule has 3 heterocycles. The van der Waals surface area contributed by atoms with Gasteiger partial charge in [0, 0.05) is 22.6 Å². The molecule has 0 aliphatic heterocycles. The largest absolute Gasteiger partial charge is 0.469 e. The van der Waals surface area contributed by atoms with Crippen molar-refractivity contribution in [1.29, 1.82) is 0 Å². The highest BCUT2D eigenvalue weighted by Gasteiger charge is 2.19. The molecule has 0 saturated carbocycles. The van der Waals surface area contributed by atoms with Gasteiger partial charge in [-0.2, -0.15) is 8.78 Å². The molecule has 0 radical (unpaired) electrons. The van der Waals surface area contributed by atoms with Crippen LogP contribution in [-0.2, 0) is 0 Å². The molecule has 0 unspecified atom stereocenters. The van der Waals surface area contributed by atoms with E-state index < -0.39 is 6.61 Å². The summed E-state index contributed by atoms with van der Waals surface area (Å²) in [6.07, 6.45) is 1.54. The molecule has 0 saturated heterocycles. The minimum absolute atomic E-state index is 0.0726. The summed E-state index contributed by atoms with van der Waals surface area (Å²) in [4.78, 5) is 12.9. The fourth-order valence-electron chi connectivity index (χ4n) is 3.41. The number of halogens is 2. The van der Waals surface area contributed by atoms with Crippen LogP contribution >= 0.6 is 11.8 Å². The van der Waals surface area contributed by atoms with Crippen LogP contribution in [0.2, 0.25) is 0 Å². The summed E-state index contributed by atoms with van der Waals surface area (Å²) in [6, 6.07) is 9.80. The van der Waals surface area contributed by atoms with Gasteiger partial charge in [-0.15, -0.1) is 10.2 Å². The van der Waals surface area contributed by atoms with Crippen LogP contribution in [0.4, 0.5) is 8.78 Å². The summed E-state index contributed by atoms with van der Waals surface area (Å²) >= 11 is 1.16. The average molecular weight is 459 g/mol. The monoisotopic (exact) mass is 459 g/mol. The van der Waals surface area contributed by atoms with Crippen molar-refractivity contribution < 1.29 is 27.1 Å². The van der Waals surface area contributed by atoms with Crippen LogP contribution < -0.4 is 4.74 Å². The molecular weight excluding hydrogens is 440 g/mol. The Bertz CT molecular complexity index is 1240. The smallest absolute Gasteiger partial charge is 0.387 e. The highest BCUT2D eigenvalue weighted by molar-refractivity contribution is 7.99. The predicted octanol–water partition coefficient (Wildman–Crippen LogP) is 5.62. The third kappa shape index (κ3) is 4.45. The number of furan rings is 1. The van der Waals surface area contributed by atoms with E-state index in [1.165, 1.54) is 12.1 Å². The van der Waals surface area contributed by atoms with Crippen LogP contribution in [0, 0.1) is 20.8 Å². The maximum atomic E-state index is 12.9. The van der Waals surface area contributed by atoms with Crippen molar-refractivity contribution >= 4 is 17.5 Å². The molecule has 0 amide bonds. The number of hydrogen-bond donors (Lipinski definition) is 0. The molecule has 0 aliphatic carbocycles. The second-order valence-electron chi connectivity index (χ2n) is 6.97. The molecule has 32 heavy (non-hydrogen) atoms. The second kappa shape index (κ2) is 8.99. The number of hydrogen-bond acceptors (Lipinski definition) is 7. The number of nitrogens with zero attached hydrogens (tertiary/aromatic N) is 3. The average Bonchev–Trinajstić information content (AvgIpc) is 3.46. The number of benzene rings is 1. The number of carbonyl (C=O) groups is 1. The number of ether oxygens (including phenoxy) is 1. The maximum absolute atomic E-state index is 12.9. The number of aryl methyl sites for hydroxylation is 2. The van der Waals surface area contributed by atoms with Gasteiger partial charge in [0.1, 0.15) is 11.5 Å². The number of ketones is 1. The first kappa shape index (κ1) is 21.8. The molecule has 7 nitrogen and oxygen atoms in total. The van der Waals surface area contributed by atoms with E-state index in [9.17, 15) is 13.6 Å². The molecule has 4 rings (SSSR count). The minimum atomic E-state index is -2.88. The van der Waals surface area contributed by atoms with E-state index in [4.69, 9.17) is 8.83 Å². The van der Waals surface area contributed by atoms with E-state index >= 15 is 0 Å². The SMILES string of the molecule is Cc1occc1-c1nnc(SCC(=O)c2cc(C)n(-c3ccc(OC(F)F)cc3)c2C)o1. The lowest BCUT2D eigenvalue weighted by Crippen LogP contribution is -2.06. The van der Waals surface area contributed by atoms with Crippen LogP contribution in [0.5, 0.6) is 5.75 Å². The highest BCUT2D eigenvalue weighted by atomic mass is 32.2. The molecule has 0 fully saturated rings. The summed E-state index contributed by atoms with van der Waals surface area (Å²) < 4.78 is 41.9. The van der Waals surface area contributed by atoms with Gasteiger partial charge in [-0.25, -0.2) is 0 Å². The molecule has 1 aromatic carbocycles. The van der Waals surface area contributed by atoms with Crippen LogP contribution in [0.3, 0.4) is 0 Å². The first-order valence-electron chi connectivity index (χ1n) is 9.61. The molecule has 0 aliphatic rings. The number of alkyl halides is 2. The number of rotatable bonds is 8. The Morgan fingerprint density at radius 1 is 1.16 bits per heavy atom. The standard InChI is InChI=1S/C22H19F2N3O4S/c1-12-10-18(13(2)27(12)15-4-6-16(7-5-15)30-21(23)24)19(28)11-32-22-26-25-20(31-22)17-8-9-29-14(17)3/h4-10,21H,11H2,1-3H3. The first-order chi connectivity index (χ1) is 15.3. The van der Waals surface area contributed by atoms with Gasteiger partial charge < -0.3 is 18.1 Å². The maximum Gasteiger partial charge on any atom is 0.387 e. The zero-order chi connectivity index (χ0) is 22.8. The number of thioether (sulfide) groups is 1. The molecule has 166 valence electrons. The Hall–Kier alpha value is -3.40. The number of aromatic nitrogens is 3. The van der Waals surface area contributed by atoms with Gasteiger partial charge in [0.15, 0.2) is 5.78 Å². The van der Waals surface area contributed by atoms with Crippen LogP contribution in [0.1, 0.15) is 27.5 Å². The Morgan fingerprint density at radius 2 is 1.91 bits per heavy atom. The lowest BCUT2D eigenvalue weighted by molar-refractivity contribution is -0.0498. The fourth-order valence-corrected chi connectivity index (χ4v) is 4.05. The second-order valence-corrected chi connectivity index (χ2v) is 7.89. The van der Waals surface area contributed by atoms with E-state index in [1.807, 2.05) is 18.4 Å². The number of Topliss-reactive ketones (excluding diaryl/α,β-unsaturated/α-hetero) is 1. The van der Waals surface area contributed by atoms with Crippen molar-refractivity contribution in [2.24, 2.45) is 0 Å². The van der Waals surface area contributed by atoms with Crippen LogP contribution in [-0.4, -0.2) is 32.9 Å². The molecule has 0 N–H and O–H groups in total. The van der Waals surface area contributed by atoms with Crippen molar-refractivity contribution in [2.75, 3.05) is 5.75 Å². The summed E-state index contributed by atoms with van der Waals surface area (Å²) in [7, 11) is 0. The third-order valence-electron chi connectivity index (χ3n) is 4.87. The molecule has 3 aromatic heterocycles. The minimum Gasteiger partial charge on any atom is -0.469 e. The number of carbonyl (C=O) groups excluding carboxylic acids is 1. The van der Waals surface area contributed by atoms with E-state index in [0.29, 0.717) is 22.8 Å². The van der Waals surface area contributed by atoms with Crippen LogP contribution in [0.25, 0.3) is 17.1 Å². The van der Waals surface area contributed by atoms with Gasteiger partial charge in [-0.05, 0) is 57.2 Å². The van der Waals surface area contributed by atoms with Gasteiger partial charge in [-0.1, -0.05) is 11.8 Å². The van der Waals surface area contributed by atoms with Crippen molar-refractivity contribution in [3.05, 3.63) is 65.4 Å². The lowest BCUT2D eigenvalue weighted by atomic mass is 10.2. The van der Waals surface area contributed by atoms with Crippen molar-refractivity contribution in [1.82, 2.24) is 14.8 Å². The summed E-state index contributed by atoms with van der Waals surface area (Å²) in [5, 5.41) is 8.27. The first-order valence-corrected chi connectivity index (χ1v) is 10.6. The third-order valence-corrected chi connectivity index (χ3v) is 5.69. The summed E-state index contributed by atoms with van der Waals surface area (Å²) in [5.41, 5.74) is 3.60. The van der Waals surface area contributed by atoms with Gasteiger partial charge in [0.05, 0.1) is 17.6 Å². The Balaban J connectivity index is 1.47. The van der Waals surface area contributed by atoms with Crippen molar-refractivity contribution in [3.63, 3.8) is 0 Å². The molecule has 0 bridgehead atoms. The predicted molar refractivity (Wildman–Crippen MR) is 114 cm³/mol. The quantitative estimate of drug-likeness (QED) is 0.250. The van der Waals surface area contributed by atoms with Crippen molar-refractivity contribution in [2.45, 2.75) is 32.6 Å². The van der Waals surface area contributed by atoms with E-state index in [1.54, 1.807) is 37.5 Å². The fraction of sp³-hybridized carbons (Fsp3) is 0.227. The highest BCUT2D eigenvalue weighted by Crippen LogP contribution is 2.28. The topological polar surface area (TPSA) is 83.3 Å².